The number of hydrogen-bond acceptors (Lipinski definition) is 4. The molecule has 0 fully saturated rings. The fourth-order valence-electron chi connectivity index (χ4n) is 0.917. The van der Waals surface area contributed by atoms with Crippen LogP contribution in [0, 0.1) is 5.41 Å². The van der Waals surface area contributed by atoms with Gasteiger partial charge in [-0.25, -0.2) is 0 Å². The third-order valence-corrected chi connectivity index (χ3v) is 1.70. The SMILES string of the molecule is CC(C)(CN/C=C\C(=N)N)OCCCO. The lowest BCUT2D eigenvalue weighted by Crippen LogP contribution is -2.36. The number of hydrogen-bond donors (Lipinski definition) is 4. The van der Waals surface area contributed by atoms with Crippen molar-refractivity contribution in [2.75, 3.05) is 19.8 Å². The van der Waals surface area contributed by atoms with E-state index in [9.17, 15) is 0 Å². The summed E-state index contributed by atoms with van der Waals surface area (Å²) in [6.07, 6.45) is 3.75. The number of rotatable bonds is 8. The average Bonchev–Trinajstić information content (AvgIpc) is 2.13. The van der Waals surface area contributed by atoms with Crippen LogP contribution in [0.25, 0.3) is 0 Å². The summed E-state index contributed by atoms with van der Waals surface area (Å²) in [5.41, 5.74) is 4.84. The number of aliphatic hydroxyl groups excluding tert-OH is 1. The van der Waals surface area contributed by atoms with Gasteiger partial charge in [0.1, 0.15) is 5.84 Å². The van der Waals surface area contributed by atoms with Crippen LogP contribution in [0.3, 0.4) is 0 Å². The van der Waals surface area contributed by atoms with E-state index in [4.69, 9.17) is 21.0 Å². The largest absolute Gasteiger partial charge is 0.396 e. The second-order valence-electron chi connectivity index (χ2n) is 3.85. The van der Waals surface area contributed by atoms with Gasteiger partial charge in [0.25, 0.3) is 0 Å². The molecule has 0 saturated carbocycles. The van der Waals surface area contributed by atoms with Crippen LogP contribution in [0.15, 0.2) is 12.3 Å². The maximum atomic E-state index is 8.59. The number of nitrogens with two attached hydrogens (primary N) is 1. The first kappa shape index (κ1) is 13.9. The molecule has 15 heavy (non-hydrogen) atoms. The Labute approximate surface area is 90.8 Å². The first-order valence-electron chi connectivity index (χ1n) is 4.97. The van der Waals surface area contributed by atoms with Gasteiger partial charge in [-0.05, 0) is 26.3 Å². The lowest BCUT2D eigenvalue weighted by Gasteiger charge is -2.25. The van der Waals surface area contributed by atoms with Crippen LogP contribution < -0.4 is 11.1 Å². The molecule has 0 aliphatic carbocycles. The van der Waals surface area contributed by atoms with Gasteiger partial charge in [0, 0.05) is 26.0 Å². The highest BCUT2D eigenvalue weighted by Crippen LogP contribution is 2.07. The van der Waals surface area contributed by atoms with Crippen LogP contribution in [-0.4, -0.2) is 36.3 Å². The van der Waals surface area contributed by atoms with E-state index in [1.807, 2.05) is 13.8 Å². The van der Waals surface area contributed by atoms with E-state index < -0.39 is 0 Å². The fraction of sp³-hybridized carbons (Fsp3) is 0.700. The van der Waals surface area contributed by atoms with Crippen molar-refractivity contribution in [3.63, 3.8) is 0 Å². The van der Waals surface area contributed by atoms with Gasteiger partial charge in [-0.2, -0.15) is 0 Å². The second-order valence-corrected chi connectivity index (χ2v) is 3.85. The van der Waals surface area contributed by atoms with Crippen LogP contribution >= 0.6 is 0 Å². The Bertz CT molecular complexity index is 215. The molecule has 0 radical (unpaired) electrons. The van der Waals surface area contributed by atoms with Crippen LogP contribution in [0.2, 0.25) is 0 Å². The summed E-state index contributed by atoms with van der Waals surface area (Å²) in [6, 6.07) is 0. The van der Waals surface area contributed by atoms with E-state index in [1.165, 1.54) is 6.08 Å². The maximum Gasteiger partial charge on any atom is 0.116 e. The molecule has 0 rings (SSSR count). The maximum absolute atomic E-state index is 8.59. The normalized spacial score (nSPS) is 11.9. The standard InChI is InChI=1S/C10H21N3O2/c1-10(2,15-7-3-6-14)8-13-5-4-9(11)12/h4-5,13-14H,3,6-8H2,1-2H3,(H3,11,12)/b5-4-. The van der Waals surface area contributed by atoms with Crippen molar-refractivity contribution in [3.05, 3.63) is 12.3 Å². The van der Waals surface area contributed by atoms with E-state index in [-0.39, 0.29) is 18.0 Å². The number of aliphatic hydroxyl groups is 1. The summed E-state index contributed by atoms with van der Waals surface area (Å²) < 4.78 is 5.54. The number of ether oxygens (including phenoxy) is 1. The van der Waals surface area contributed by atoms with Crippen molar-refractivity contribution in [1.29, 1.82) is 5.41 Å². The van der Waals surface area contributed by atoms with Crippen molar-refractivity contribution in [1.82, 2.24) is 5.32 Å². The topological polar surface area (TPSA) is 91.4 Å². The first-order valence-corrected chi connectivity index (χ1v) is 4.97. The van der Waals surface area contributed by atoms with Crippen LogP contribution in [0.1, 0.15) is 20.3 Å². The van der Waals surface area contributed by atoms with Gasteiger partial charge in [-0.15, -0.1) is 0 Å². The average molecular weight is 215 g/mol. The Balaban J connectivity index is 3.68. The van der Waals surface area contributed by atoms with Gasteiger partial charge < -0.3 is 20.9 Å². The lowest BCUT2D eigenvalue weighted by molar-refractivity contribution is -0.0195. The molecule has 0 aliphatic rings. The van der Waals surface area contributed by atoms with Crippen LogP contribution in [0.4, 0.5) is 0 Å². The highest BCUT2D eigenvalue weighted by atomic mass is 16.5. The summed E-state index contributed by atoms with van der Waals surface area (Å²) in [6.45, 7) is 5.23. The van der Waals surface area contributed by atoms with Gasteiger partial charge in [0.15, 0.2) is 0 Å². The first-order chi connectivity index (χ1) is 6.98. The van der Waals surface area contributed by atoms with Gasteiger partial charge in [0.2, 0.25) is 0 Å². The summed E-state index contributed by atoms with van der Waals surface area (Å²) in [5.74, 6) is 0.0153. The molecule has 88 valence electrons. The quantitative estimate of drug-likeness (QED) is 0.264. The molecule has 0 bridgehead atoms. The third-order valence-electron chi connectivity index (χ3n) is 1.70. The van der Waals surface area contributed by atoms with Crippen molar-refractivity contribution >= 4 is 5.84 Å². The molecular formula is C10H21N3O2. The molecule has 0 unspecified atom stereocenters. The minimum Gasteiger partial charge on any atom is -0.396 e. The summed E-state index contributed by atoms with van der Waals surface area (Å²) >= 11 is 0. The predicted molar refractivity (Wildman–Crippen MR) is 60.8 cm³/mol. The van der Waals surface area contributed by atoms with Crippen molar-refractivity contribution < 1.29 is 9.84 Å². The Hall–Kier alpha value is -1.07. The minimum absolute atomic E-state index is 0.0153. The highest BCUT2D eigenvalue weighted by molar-refractivity contribution is 5.88. The molecule has 0 aromatic carbocycles. The van der Waals surface area contributed by atoms with Crippen LogP contribution in [0.5, 0.6) is 0 Å². The summed E-state index contributed by atoms with van der Waals surface area (Å²) in [4.78, 5) is 0. The monoisotopic (exact) mass is 215 g/mol. The molecular weight excluding hydrogens is 194 g/mol. The Morgan fingerprint density at radius 1 is 1.60 bits per heavy atom. The van der Waals surface area contributed by atoms with E-state index in [1.54, 1.807) is 6.20 Å². The zero-order valence-corrected chi connectivity index (χ0v) is 9.42. The van der Waals surface area contributed by atoms with Gasteiger partial charge in [0.05, 0.1) is 5.60 Å². The third kappa shape index (κ3) is 9.24. The molecule has 0 heterocycles. The Morgan fingerprint density at radius 3 is 2.80 bits per heavy atom. The lowest BCUT2D eigenvalue weighted by atomic mass is 10.1. The molecule has 0 saturated heterocycles. The van der Waals surface area contributed by atoms with Crippen molar-refractivity contribution in [2.45, 2.75) is 25.9 Å². The highest BCUT2D eigenvalue weighted by Gasteiger charge is 2.16. The van der Waals surface area contributed by atoms with Gasteiger partial charge in [-0.1, -0.05) is 0 Å². The zero-order chi connectivity index (χ0) is 11.7. The fourth-order valence-corrected chi connectivity index (χ4v) is 0.917. The van der Waals surface area contributed by atoms with E-state index >= 15 is 0 Å². The van der Waals surface area contributed by atoms with Crippen molar-refractivity contribution in [3.8, 4) is 0 Å². The second kappa shape index (κ2) is 7.25. The number of amidine groups is 1. The van der Waals surface area contributed by atoms with Gasteiger partial charge >= 0.3 is 0 Å². The molecule has 0 aliphatic heterocycles. The smallest absolute Gasteiger partial charge is 0.116 e. The van der Waals surface area contributed by atoms with Crippen LogP contribution in [-0.2, 0) is 4.74 Å². The van der Waals surface area contributed by atoms with E-state index in [0.717, 1.165) is 0 Å². The molecule has 0 spiro atoms. The van der Waals surface area contributed by atoms with Crippen molar-refractivity contribution in [2.24, 2.45) is 5.73 Å². The minimum atomic E-state index is -0.295. The molecule has 5 nitrogen and oxygen atoms in total. The summed E-state index contributed by atoms with van der Waals surface area (Å²) in [5, 5.41) is 18.5. The van der Waals surface area contributed by atoms with Gasteiger partial charge in [-0.3, -0.25) is 5.41 Å². The zero-order valence-electron chi connectivity index (χ0n) is 9.42. The summed E-state index contributed by atoms with van der Waals surface area (Å²) in [7, 11) is 0. The molecule has 5 N–H and O–H groups in total. The van der Waals surface area contributed by atoms with E-state index in [0.29, 0.717) is 19.6 Å². The van der Waals surface area contributed by atoms with E-state index in [2.05, 4.69) is 5.32 Å². The number of nitrogens with one attached hydrogen (secondary N) is 2. The molecule has 0 aromatic rings. The Morgan fingerprint density at radius 2 is 2.27 bits per heavy atom. The Kier molecular flexibility index (Phi) is 6.73. The molecule has 0 atom stereocenters. The molecule has 0 aromatic heterocycles. The predicted octanol–water partition coefficient (Wildman–Crippen LogP) is 0.203. The molecule has 5 heteroatoms. The molecule has 0 amide bonds.